The first-order chi connectivity index (χ1) is 11.0. The molecule has 24 heavy (non-hydrogen) atoms. The lowest BCUT2D eigenvalue weighted by Crippen LogP contribution is -2.26. The molecule has 0 atom stereocenters. The van der Waals surface area contributed by atoms with Crippen LogP contribution in [0, 0.1) is 6.92 Å². The fourth-order valence-electron chi connectivity index (χ4n) is 3.39. The SMILES string of the molecule is Cc1c(C(F)(F)F)ccc(C2CCCCC2)c1C(=O)OC(C)(C)C. The monoisotopic (exact) mass is 342 g/mol. The quantitative estimate of drug-likeness (QED) is 0.615. The van der Waals surface area contributed by atoms with Gasteiger partial charge in [0, 0.05) is 0 Å². The molecular weight excluding hydrogens is 317 g/mol. The zero-order chi connectivity index (χ0) is 18.1. The van der Waals surface area contributed by atoms with Crippen LogP contribution in [0.15, 0.2) is 12.1 Å². The number of esters is 1. The van der Waals surface area contributed by atoms with E-state index in [2.05, 4.69) is 0 Å². The van der Waals surface area contributed by atoms with Crippen molar-refractivity contribution in [3.63, 3.8) is 0 Å². The van der Waals surface area contributed by atoms with Crippen molar-refractivity contribution in [2.45, 2.75) is 77.5 Å². The number of alkyl halides is 3. The van der Waals surface area contributed by atoms with E-state index in [9.17, 15) is 18.0 Å². The summed E-state index contributed by atoms with van der Waals surface area (Å²) in [6, 6.07) is 2.58. The molecule has 0 saturated heterocycles. The zero-order valence-electron chi connectivity index (χ0n) is 14.7. The molecule has 0 aliphatic heterocycles. The minimum absolute atomic E-state index is 0.0279. The van der Waals surface area contributed by atoms with Gasteiger partial charge in [0.05, 0.1) is 11.1 Å². The van der Waals surface area contributed by atoms with E-state index in [-0.39, 0.29) is 17.0 Å². The summed E-state index contributed by atoms with van der Waals surface area (Å²) in [6.45, 7) is 6.52. The summed E-state index contributed by atoms with van der Waals surface area (Å²) in [6.07, 6.45) is 0.544. The van der Waals surface area contributed by atoms with Gasteiger partial charge in [0.25, 0.3) is 0 Å². The topological polar surface area (TPSA) is 26.3 Å². The predicted molar refractivity (Wildman–Crippen MR) is 87.2 cm³/mol. The van der Waals surface area contributed by atoms with Gasteiger partial charge in [0.1, 0.15) is 5.60 Å². The van der Waals surface area contributed by atoms with Gasteiger partial charge in [0.15, 0.2) is 0 Å². The molecule has 0 amide bonds. The van der Waals surface area contributed by atoms with E-state index in [4.69, 9.17) is 4.74 Å². The number of carbonyl (C=O) groups is 1. The van der Waals surface area contributed by atoms with Gasteiger partial charge in [-0.1, -0.05) is 25.3 Å². The highest BCUT2D eigenvalue weighted by Gasteiger charge is 2.36. The Morgan fingerprint density at radius 2 is 1.67 bits per heavy atom. The summed E-state index contributed by atoms with van der Waals surface area (Å²) >= 11 is 0. The molecule has 0 N–H and O–H groups in total. The first-order valence-corrected chi connectivity index (χ1v) is 8.45. The summed E-state index contributed by atoms with van der Waals surface area (Å²) in [5.74, 6) is -0.533. The molecule has 0 aromatic heterocycles. The van der Waals surface area contributed by atoms with Crippen molar-refractivity contribution in [3.05, 3.63) is 34.4 Å². The lowest BCUT2D eigenvalue weighted by molar-refractivity contribution is -0.138. The third-order valence-electron chi connectivity index (χ3n) is 4.45. The van der Waals surface area contributed by atoms with Crippen molar-refractivity contribution in [1.82, 2.24) is 0 Å². The highest BCUT2D eigenvalue weighted by molar-refractivity contribution is 5.93. The average molecular weight is 342 g/mol. The van der Waals surface area contributed by atoms with Gasteiger partial charge in [-0.05, 0) is 63.6 Å². The maximum absolute atomic E-state index is 13.3. The van der Waals surface area contributed by atoms with Crippen LogP contribution in [-0.4, -0.2) is 11.6 Å². The van der Waals surface area contributed by atoms with E-state index in [0.717, 1.165) is 38.2 Å². The Morgan fingerprint density at radius 3 is 2.17 bits per heavy atom. The van der Waals surface area contributed by atoms with E-state index < -0.39 is 23.3 Å². The number of hydrogen-bond donors (Lipinski definition) is 0. The number of halogens is 3. The van der Waals surface area contributed by atoms with E-state index in [0.29, 0.717) is 5.56 Å². The van der Waals surface area contributed by atoms with Crippen LogP contribution in [0.5, 0.6) is 0 Å². The zero-order valence-corrected chi connectivity index (χ0v) is 14.7. The van der Waals surface area contributed by atoms with Crippen LogP contribution in [0.4, 0.5) is 13.2 Å². The van der Waals surface area contributed by atoms with Crippen LogP contribution in [0.2, 0.25) is 0 Å². The van der Waals surface area contributed by atoms with Crippen LogP contribution in [0.25, 0.3) is 0 Å². The first kappa shape index (κ1) is 18.8. The van der Waals surface area contributed by atoms with Crippen molar-refractivity contribution in [1.29, 1.82) is 0 Å². The highest BCUT2D eigenvalue weighted by Crippen LogP contribution is 2.40. The fourth-order valence-corrected chi connectivity index (χ4v) is 3.39. The molecule has 1 aromatic rings. The Morgan fingerprint density at radius 1 is 1.08 bits per heavy atom. The van der Waals surface area contributed by atoms with Gasteiger partial charge in [-0.15, -0.1) is 0 Å². The number of rotatable bonds is 2. The van der Waals surface area contributed by atoms with Crippen LogP contribution >= 0.6 is 0 Å². The molecular formula is C19H25F3O2. The largest absolute Gasteiger partial charge is 0.456 e. The van der Waals surface area contributed by atoms with Crippen molar-refractivity contribution >= 4 is 5.97 Å². The summed E-state index contributed by atoms with van der Waals surface area (Å²) in [5, 5.41) is 0. The Bertz CT molecular complexity index is 606. The second kappa shape index (κ2) is 6.77. The molecule has 1 fully saturated rings. The van der Waals surface area contributed by atoms with E-state index >= 15 is 0 Å². The lowest BCUT2D eigenvalue weighted by Gasteiger charge is -2.27. The molecule has 1 saturated carbocycles. The Labute approximate surface area is 141 Å². The van der Waals surface area contributed by atoms with Crippen LogP contribution in [0.1, 0.15) is 85.8 Å². The van der Waals surface area contributed by atoms with Crippen molar-refractivity contribution in [2.75, 3.05) is 0 Å². The molecule has 0 bridgehead atoms. The van der Waals surface area contributed by atoms with Crippen molar-refractivity contribution < 1.29 is 22.7 Å². The van der Waals surface area contributed by atoms with E-state index in [1.165, 1.54) is 13.0 Å². The number of ether oxygens (including phenoxy) is 1. The van der Waals surface area contributed by atoms with Gasteiger partial charge < -0.3 is 4.74 Å². The van der Waals surface area contributed by atoms with Gasteiger partial charge >= 0.3 is 12.1 Å². The third kappa shape index (κ3) is 4.31. The lowest BCUT2D eigenvalue weighted by atomic mass is 9.80. The second-order valence-electron chi connectivity index (χ2n) is 7.54. The van der Waals surface area contributed by atoms with Crippen LogP contribution in [0.3, 0.4) is 0 Å². The Hall–Kier alpha value is -1.52. The Kier molecular flexibility index (Phi) is 5.31. The highest BCUT2D eigenvalue weighted by atomic mass is 19.4. The predicted octanol–water partition coefficient (Wildman–Crippen LogP) is 6.02. The molecule has 0 unspecified atom stereocenters. The number of benzene rings is 1. The number of hydrogen-bond acceptors (Lipinski definition) is 2. The number of carbonyl (C=O) groups excluding carboxylic acids is 1. The standard InChI is InChI=1S/C19H25F3O2/c1-12-15(19(20,21)22)11-10-14(13-8-6-5-7-9-13)16(12)17(23)24-18(2,3)4/h10-11,13H,5-9H2,1-4H3. The Balaban J connectivity index is 2.54. The maximum Gasteiger partial charge on any atom is 0.416 e. The molecule has 0 radical (unpaired) electrons. The van der Waals surface area contributed by atoms with E-state index in [1.807, 2.05) is 0 Å². The van der Waals surface area contributed by atoms with Crippen molar-refractivity contribution in [2.24, 2.45) is 0 Å². The second-order valence-corrected chi connectivity index (χ2v) is 7.54. The minimum Gasteiger partial charge on any atom is -0.456 e. The van der Waals surface area contributed by atoms with Gasteiger partial charge in [-0.25, -0.2) is 4.79 Å². The van der Waals surface area contributed by atoms with E-state index in [1.54, 1.807) is 20.8 Å². The van der Waals surface area contributed by atoms with Gasteiger partial charge in [-0.3, -0.25) is 0 Å². The van der Waals surface area contributed by atoms with Crippen LogP contribution in [-0.2, 0) is 10.9 Å². The maximum atomic E-state index is 13.3. The molecule has 1 aromatic carbocycles. The molecule has 2 rings (SSSR count). The summed E-state index contributed by atoms with van der Waals surface area (Å²) in [7, 11) is 0. The molecule has 5 heteroatoms. The van der Waals surface area contributed by atoms with Crippen molar-refractivity contribution in [3.8, 4) is 0 Å². The molecule has 2 nitrogen and oxygen atoms in total. The summed E-state index contributed by atoms with van der Waals surface area (Å²) in [4.78, 5) is 12.6. The normalized spacial score (nSPS) is 17.0. The van der Waals surface area contributed by atoms with Gasteiger partial charge in [-0.2, -0.15) is 13.2 Å². The van der Waals surface area contributed by atoms with Gasteiger partial charge in [0.2, 0.25) is 0 Å². The average Bonchev–Trinajstić information content (AvgIpc) is 2.44. The first-order valence-electron chi connectivity index (χ1n) is 8.45. The molecule has 134 valence electrons. The smallest absolute Gasteiger partial charge is 0.416 e. The van der Waals surface area contributed by atoms with Crippen LogP contribution < -0.4 is 0 Å². The molecule has 1 aliphatic carbocycles. The summed E-state index contributed by atoms with van der Waals surface area (Å²) < 4.78 is 45.2. The minimum atomic E-state index is -4.48. The third-order valence-corrected chi connectivity index (χ3v) is 4.45. The fraction of sp³-hybridized carbons (Fsp3) is 0.632. The summed E-state index contributed by atoms with van der Waals surface area (Å²) in [5.41, 5.74) is -0.731. The molecule has 1 aliphatic rings. The molecule has 0 spiro atoms. The molecule has 0 heterocycles.